The van der Waals surface area contributed by atoms with Gasteiger partial charge >= 0.3 is 6.03 Å². The molecule has 0 aromatic heterocycles. The second kappa shape index (κ2) is 10.9. The van der Waals surface area contributed by atoms with Gasteiger partial charge in [-0.15, -0.1) is 0 Å². The molecule has 0 radical (unpaired) electrons. The topological polar surface area (TPSA) is 64.2 Å². The van der Waals surface area contributed by atoms with E-state index in [1.165, 1.54) is 4.90 Å². The van der Waals surface area contributed by atoms with Crippen LogP contribution in [0.3, 0.4) is 0 Å². The van der Waals surface area contributed by atoms with Gasteiger partial charge in [-0.1, -0.05) is 48.7 Å². The number of rotatable bonds is 8. The van der Waals surface area contributed by atoms with Crippen molar-refractivity contribution in [1.29, 1.82) is 0 Å². The highest BCUT2D eigenvalue weighted by molar-refractivity contribution is 7.75. The highest BCUT2D eigenvalue weighted by Crippen LogP contribution is 2.28. The molecule has 2 aromatic rings. The fourth-order valence-corrected chi connectivity index (χ4v) is 4.47. The maximum absolute atomic E-state index is 13.1. The van der Waals surface area contributed by atoms with Gasteiger partial charge in [0.05, 0.1) is 5.69 Å². The third kappa shape index (κ3) is 5.81. The number of carbonyl (C=O) groups is 1. The Labute approximate surface area is 202 Å². The van der Waals surface area contributed by atoms with E-state index in [-0.39, 0.29) is 6.17 Å². The lowest BCUT2D eigenvalue weighted by Gasteiger charge is -2.31. The quantitative estimate of drug-likeness (QED) is 0.529. The molecule has 9 heteroatoms. The number of amides is 2. The maximum Gasteiger partial charge on any atom is 0.343 e. The van der Waals surface area contributed by atoms with Crippen LogP contribution in [-0.4, -0.2) is 44.0 Å². The Morgan fingerprint density at radius 1 is 1.09 bits per heavy atom. The third-order valence-electron chi connectivity index (χ3n) is 5.82. The lowest BCUT2D eigenvalue weighted by Crippen LogP contribution is -2.46. The zero-order valence-corrected chi connectivity index (χ0v) is 21.1. The number of hydrogen-bond acceptors (Lipinski definition) is 5. The molecule has 2 aromatic carbocycles. The molecule has 0 bridgehead atoms. The Balaban J connectivity index is 1.72. The molecule has 3 rings (SSSR count). The molecule has 0 spiro atoms. The van der Waals surface area contributed by atoms with Gasteiger partial charge in [0.15, 0.2) is 0 Å². The van der Waals surface area contributed by atoms with Crippen LogP contribution in [0.25, 0.3) is 0 Å². The first-order valence-corrected chi connectivity index (χ1v) is 12.5. The lowest BCUT2D eigenvalue weighted by atomic mass is 10.1. The highest BCUT2D eigenvalue weighted by Gasteiger charge is 2.32. The smallest absolute Gasteiger partial charge is 0.343 e. The number of benzene rings is 2. The number of aryl methyl sites for hydroxylation is 1. The molecular weight excluding hydrogens is 460 g/mol. The van der Waals surface area contributed by atoms with E-state index in [2.05, 4.69) is 18.9 Å². The van der Waals surface area contributed by atoms with E-state index in [0.29, 0.717) is 17.3 Å². The van der Waals surface area contributed by atoms with E-state index in [1.54, 1.807) is 36.7 Å². The van der Waals surface area contributed by atoms with E-state index < -0.39 is 16.9 Å². The summed E-state index contributed by atoms with van der Waals surface area (Å²) in [6.45, 7) is 7.38. The monoisotopic (exact) mass is 490 g/mol. The van der Waals surface area contributed by atoms with Gasteiger partial charge in [0, 0.05) is 43.2 Å². The molecule has 1 aliphatic rings. The first kappa shape index (κ1) is 24.9. The molecule has 0 fully saturated rings. The normalized spacial score (nSPS) is 15.4. The summed E-state index contributed by atoms with van der Waals surface area (Å²) in [4.78, 5) is 18.7. The third-order valence-corrected chi connectivity index (χ3v) is 6.90. The number of urea groups is 1. The fraction of sp³-hybridized carbons (Fsp3) is 0.375. The maximum atomic E-state index is 13.1. The molecule has 7 nitrogen and oxygen atoms in total. The summed E-state index contributed by atoms with van der Waals surface area (Å²) < 4.78 is 24.6. The number of unbranched alkanes of at least 4 members (excludes halogenated alkanes) is 1. The van der Waals surface area contributed by atoms with Crippen LogP contribution in [0.15, 0.2) is 54.9 Å². The minimum Gasteiger partial charge on any atom is -0.375 e. The van der Waals surface area contributed by atoms with Gasteiger partial charge in [-0.3, -0.25) is 4.90 Å². The second-order valence-electron chi connectivity index (χ2n) is 8.23. The van der Waals surface area contributed by atoms with Crippen LogP contribution >= 0.6 is 11.6 Å². The van der Waals surface area contributed by atoms with Crippen LogP contribution in [-0.2, 0) is 17.4 Å². The number of carbonyl (C=O) groups excluding carboxylic acids is 1. The number of hydrogen-bond donors (Lipinski definition) is 1. The van der Waals surface area contributed by atoms with Gasteiger partial charge < -0.3 is 9.80 Å². The molecule has 1 atom stereocenters. The number of anilines is 2. The van der Waals surface area contributed by atoms with Crippen molar-refractivity contribution in [3.05, 3.63) is 71.0 Å². The van der Waals surface area contributed by atoms with Crippen molar-refractivity contribution in [1.82, 2.24) is 9.80 Å². The zero-order chi connectivity index (χ0) is 24.1. The Bertz CT molecular complexity index is 1080. The molecule has 1 aliphatic heterocycles. The summed E-state index contributed by atoms with van der Waals surface area (Å²) >= 11 is 6.57. The Hall–Kier alpha value is -2.71. The van der Waals surface area contributed by atoms with Crippen LogP contribution in [0.4, 0.5) is 16.2 Å². The molecule has 178 valence electrons. The summed E-state index contributed by atoms with van der Waals surface area (Å²) in [5.74, 6) is 0. The molecule has 0 aliphatic carbocycles. The average Bonchev–Trinajstić information content (AvgIpc) is 3.14. The van der Waals surface area contributed by atoms with Crippen molar-refractivity contribution in [3.8, 4) is 0 Å². The van der Waals surface area contributed by atoms with Crippen molar-refractivity contribution in [3.63, 3.8) is 0 Å². The minimum absolute atomic E-state index is 0.312. The van der Waals surface area contributed by atoms with E-state index in [1.807, 2.05) is 36.9 Å². The number of nitrogens with zero attached hydrogens (tertiary/aromatic N) is 4. The fourth-order valence-electron chi connectivity index (χ4n) is 3.67. The summed E-state index contributed by atoms with van der Waals surface area (Å²) in [6, 6.07) is 12.2. The standard InChI is InChI=1S/C24H31ClN4O3S/c1-5-6-13-26(4)22-12-9-20(23(25)16-22)17-27-14-15-28(19(27)3)24(30)29(33(31)32)21-10-7-18(2)8-11-21/h7-12,14-16,19,33H,5-6,13,17H2,1-4H3. The molecule has 1 unspecified atom stereocenters. The summed E-state index contributed by atoms with van der Waals surface area (Å²) in [5.41, 5.74) is 3.28. The molecule has 0 saturated carbocycles. The predicted octanol–water partition coefficient (Wildman–Crippen LogP) is 4.97. The Morgan fingerprint density at radius 2 is 1.76 bits per heavy atom. The number of thiol groups is 1. The van der Waals surface area contributed by atoms with Gasteiger partial charge in [-0.05, 0) is 50.1 Å². The molecule has 2 amide bonds. The SMILES string of the molecule is CCCCN(C)c1ccc(CN2C=CN(C(=O)N(c3ccc(C)cc3)[SH](=O)=O)C2C)c(Cl)c1. The highest BCUT2D eigenvalue weighted by atomic mass is 35.5. The van der Waals surface area contributed by atoms with Gasteiger partial charge in [-0.25, -0.2) is 13.2 Å². The number of halogens is 1. The molecular formula is C24H31ClN4O3S. The lowest BCUT2D eigenvalue weighted by molar-refractivity contribution is 0.168. The molecule has 0 saturated heterocycles. The molecule has 1 heterocycles. The van der Waals surface area contributed by atoms with Crippen LogP contribution in [0, 0.1) is 6.92 Å². The van der Waals surface area contributed by atoms with Crippen molar-refractivity contribution in [2.75, 3.05) is 22.8 Å². The molecule has 0 N–H and O–H groups in total. The Morgan fingerprint density at radius 3 is 2.36 bits per heavy atom. The largest absolute Gasteiger partial charge is 0.375 e. The van der Waals surface area contributed by atoms with Gasteiger partial charge in [0.25, 0.3) is 0 Å². The van der Waals surface area contributed by atoms with Crippen LogP contribution < -0.4 is 9.21 Å². The summed E-state index contributed by atoms with van der Waals surface area (Å²) in [5, 5.41) is 0.658. The van der Waals surface area contributed by atoms with Crippen molar-refractivity contribution < 1.29 is 13.2 Å². The minimum atomic E-state index is -3.14. The van der Waals surface area contributed by atoms with Crippen molar-refractivity contribution in [2.45, 2.75) is 46.3 Å². The van der Waals surface area contributed by atoms with E-state index in [9.17, 15) is 13.2 Å². The Kier molecular flexibility index (Phi) is 8.26. The molecule has 33 heavy (non-hydrogen) atoms. The van der Waals surface area contributed by atoms with E-state index in [0.717, 1.165) is 40.5 Å². The van der Waals surface area contributed by atoms with E-state index >= 15 is 0 Å². The summed E-state index contributed by atoms with van der Waals surface area (Å²) in [7, 11) is -1.09. The van der Waals surface area contributed by atoms with Crippen LogP contribution in [0.1, 0.15) is 37.8 Å². The van der Waals surface area contributed by atoms with Crippen LogP contribution in [0.2, 0.25) is 5.02 Å². The van der Waals surface area contributed by atoms with Gasteiger partial charge in [-0.2, -0.15) is 4.31 Å². The van der Waals surface area contributed by atoms with Crippen molar-refractivity contribution >= 4 is 39.9 Å². The predicted molar refractivity (Wildman–Crippen MR) is 135 cm³/mol. The first-order valence-electron chi connectivity index (χ1n) is 11.0. The van der Waals surface area contributed by atoms with Gasteiger partial charge in [0.2, 0.25) is 10.9 Å². The van der Waals surface area contributed by atoms with Crippen molar-refractivity contribution in [2.24, 2.45) is 0 Å². The second-order valence-corrected chi connectivity index (χ2v) is 9.51. The van der Waals surface area contributed by atoms with E-state index in [4.69, 9.17) is 11.6 Å². The average molecular weight is 491 g/mol. The van der Waals surface area contributed by atoms with Gasteiger partial charge in [0.1, 0.15) is 6.17 Å². The zero-order valence-electron chi connectivity index (χ0n) is 19.4. The summed E-state index contributed by atoms with van der Waals surface area (Å²) in [6.07, 6.45) is 5.26. The van der Waals surface area contributed by atoms with Crippen LogP contribution in [0.5, 0.6) is 0 Å². The first-order chi connectivity index (χ1) is 15.7.